The lowest BCUT2D eigenvalue weighted by Crippen LogP contribution is -2.32. The lowest BCUT2D eigenvalue weighted by atomic mass is 10.2. The smallest absolute Gasteiger partial charge is 0.307 e. The van der Waals surface area contributed by atoms with Gasteiger partial charge in [0.15, 0.2) is 0 Å². The Morgan fingerprint density at radius 3 is 2.50 bits per heavy atom. The van der Waals surface area contributed by atoms with Crippen LogP contribution in [0.3, 0.4) is 0 Å². The summed E-state index contributed by atoms with van der Waals surface area (Å²) in [6, 6.07) is 16.8. The van der Waals surface area contributed by atoms with Crippen molar-refractivity contribution in [3.63, 3.8) is 0 Å². The van der Waals surface area contributed by atoms with Gasteiger partial charge in [-0.25, -0.2) is 4.68 Å². The average Bonchev–Trinajstić information content (AvgIpc) is 3.21. The molecule has 1 amide bonds. The van der Waals surface area contributed by atoms with Gasteiger partial charge in [-0.15, -0.1) is 0 Å². The summed E-state index contributed by atoms with van der Waals surface area (Å²) in [6.45, 7) is 0.648. The van der Waals surface area contributed by atoms with E-state index in [1.165, 1.54) is 13.3 Å². The minimum absolute atomic E-state index is 0.125. The van der Waals surface area contributed by atoms with E-state index in [1.54, 1.807) is 27.9 Å². The molecule has 0 saturated carbocycles. The summed E-state index contributed by atoms with van der Waals surface area (Å²) in [4.78, 5) is 26.2. The Morgan fingerprint density at radius 1 is 1.11 bits per heavy atom. The van der Waals surface area contributed by atoms with Gasteiger partial charge in [-0.1, -0.05) is 41.9 Å². The number of hydrogen-bond acceptors (Lipinski definition) is 4. The molecule has 0 fully saturated rings. The van der Waals surface area contributed by atoms with E-state index in [4.69, 9.17) is 16.3 Å². The molecule has 0 aliphatic rings. The van der Waals surface area contributed by atoms with Gasteiger partial charge in [0.25, 0.3) is 5.91 Å². The Morgan fingerprint density at radius 2 is 1.82 bits per heavy atom. The van der Waals surface area contributed by atoms with Gasteiger partial charge in [0, 0.05) is 24.3 Å². The summed E-state index contributed by atoms with van der Waals surface area (Å²) < 4.78 is 6.32. The van der Waals surface area contributed by atoms with Crippen LogP contribution in [0.2, 0.25) is 5.02 Å². The van der Waals surface area contributed by atoms with E-state index in [2.05, 4.69) is 5.10 Å². The maximum atomic E-state index is 13.0. The SMILES string of the molecule is COC(=O)CCN(Cc1ccccc1)C(=O)c1cnn(-c2ccc(Cl)cc2)c1. The van der Waals surface area contributed by atoms with Gasteiger partial charge in [0.1, 0.15) is 0 Å². The number of ether oxygens (including phenoxy) is 1. The van der Waals surface area contributed by atoms with Crippen molar-refractivity contribution in [2.45, 2.75) is 13.0 Å². The molecular weight excluding hydrogens is 378 g/mol. The second kappa shape index (κ2) is 9.19. The molecule has 7 heteroatoms. The highest BCUT2D eigenvalue weighted by atomic mass is 35.5. The Hall–Kier alpha value is -3.12. The second-order valence-corrected chi connectivity index (χ2v) is 6.62. The number of methoxy groups -OCH3 is 1. The van der Waals surface area contributed by atoms with Crippen LogP contribution in [0.5, 0.6) is 0 Å². The fraction of sp³-hybridized carbons (Fsp3) is 0.190. The fourth-order valence-electron chi connectivity index (χ4n) is 2.74. The monoisotopic (exact) mass is 397 g/mol. The minimum atomic E-state index is -0.359. The minimum Gasteiger partial charge on any atom is -0.469 e. The van der Waals surface area contributed by atoms with E-state index in [-0.39, 0.29) is 24.8 Å². The molecule has 0 aliphatic heterocycles. The molecule has 0 N–H and O–H groups in total. The standard InChI is InChI=1S/C21H20ClN3O3/c1-28-20(26)11-12-24(14-16-5-3-2-4-6-16)21(27)17-13-23-25(15-17)19-9-7-18(22)8-10-19/h2-10,13,15H,11-12,14H2,1H3. The van der Waals surface area contributed by atoms with Crippen LogP contribution in [0.25, 0.3) is 5.69 Å². The number of rotatable bonds is 7. The average molecular weight is 398 g/mol. The zero-order valence-corrected chi connectivity index (χ0v) is 16.2. The maximum Gasteiger partial charge on any atom is 0.307 e. The number of nitrogens with zero attached hydrogens (tertiary/aromatic N) is 3. The summed E-state index contributed by atoms with van der Waals surface area (Å²) in [6.07, 6.45) is 3.31. The third-order valence-corrected chi connectivity index (χ3v) is 4.49. The van der Waals surface area contributed by atoms with E-state index in [1.807, 2.05) is 42.5 Å². The number of halogens is 1. The molecule has 1 heterocycles. The van der Waals surface area contributed by atoms with Crippen LogP contribution in [0.1, 0.15) is 22.3 Å². The molecule has 28 heavy (non-hydrogen) atoms. The number of carbonyl (C=O) groups is 2. The molecule has 3 aromatic rings. The lowest BCUT2D eigenvalue weighted by molar-refractivity contribution is -0.140. The van der Waals surface area contributed by atoms with E-state index in [0.29, 0.717) is 17.1 Å². The fourth-order valence-corrected chi connectivity index (χ4v) is 2.86. The summed E-state index contributed by atoms with van der Waals surface area (Å²) in [5, 5.41) is 4.90. The first kappa shape index (κ1) is 19.6. The molecule has 1 aromatic heterocycles. The first-order valence-electron chi connectivity index (χ1n) is 8.77. The van der Waals surface area contributed by atoms with Crippen molar-refractivity contribution in [1.82, 2.24) is 14.7 Å². The van der Waals surface area contributed by atoms with E-state index >= 15 is 0 Å². The molecule has 0 spiro atoms. The largest absolute Gasteiger partial charge is 0.469 e. The first-order chi connectivity index (χ1) is 13.6. The zero-order chi connectivity index (χ0) is 19.9. The molecule has 0 atom stereocenters. The van der Waals surface area contributed by atoms with Crippen LogP contribution in [0.4, 0.5) is 0 Å². The van der Waals surface area contributed by atoms with E-state index < -0.39 is 0 Å². The number of amides is 1. The number of esters is 1. The molecule has 6 nitrogen and oxygen atoms in total. The van der Waals surface area contributed by atoms with Crippen molar-refractivity contribution in [2.24, 2.45) is 0 Å². The third-order valence-electron chi connectivity index (χ3n) is 4.24. The van der Waals surface area contributed by atoms with Gasteiger partial charge in [-0.2, -0.15) is 5.10 Å². The molecule has 0 unspecified atom stereocenters. The van der Waals surface area contributed by atoms with Gasteiger partial charge in [-0.3, -0.25) is 9.59 Å². The maximum absolute atomic E-state index is 13.0. The van der Waals surface area contributed by atoms with Gasteiger partial charge >= 0.3 is 5.97 Å². The van der Waals surface area contributed by atoms with Crippen molar-refractivity contribution in [3.8, 4) is 5.69 Å². The predicted molar refractivity (Wildman–Crippen MR) is 106 cm³/mol. The van der Waals surface area contributed by atoms with Crippen molar-refractivity contribution < 1.29 is 14.3 Å². The Kier molecular flexibility index (Phi) is 6.45. The normalized spacial score (nSPS) is 10.5. The number of aromatic nitrogens is 2. The van der Waals surface area contributed by atoms with Crippen molar-refractivity contribution in [1.29, 1.82) is 0 Å². The topological polar surface area (TPSA) is 64.4 Å². The van der Waals surface area contributed by atoms with Crippen LogP contribution in [-0.4, -0.2) is 40.2 Å². The van der Waals surface area contributed by atoms with E-state index in [9.17, 15) is 9.59 Å². The van der Waals surface area contributed by atoms with Gasteiger partial charge in [-0.05, 0) is 29.8 Å². The quantitative estimate of drug-likeness (QED) is 0.570. The Labute approximate surface area is 168 Å². The molecule has 0 radical (unpaired) electrons. The van der Waals surface area contributed by atoms with Crippen molar-refractivity contribution >= 4 is 23.5 Å². The third kappa shape index (κ3) is 4.98. The molecule has 0 bridgehead atoms. The van der Waals surface area contributed by atoms with E-state index in [0.717, 1.165) is 11.3 Å². The summed E-state index contributed by atoms with van der Waals surface area (Å²) in [7, 11) is 1.34. The first-order valence-corrected chi connectivity index (χ1v) is 9.15. The van der Waals surface area contributed by atoms with Crippen LogP contribution in [0.15, 0.2) is 67.0 Å². The number of carbonyl (C=O) groups excluding carboxylic acids is 2. The van der Waals surface area contributed by atoms with Crippen LogP contribution < -0.4 is 0 Å². The van der Waals surface area contributed by atoms with Gasteiger partial charge < -0.3 is 9.64 Å². The van der Waals surface area contributed by atoms with Crippen molar-refractivity contribution in [3.05, 3.63) is 83.1 Å². The van der Waals surface area contributed by atoms with Gasteiger partial charge in [0.2, 0.25) is 0 Å². The summed E-state index contributed by atoms with van der Waals surface area (Å²) in [5.74, 6) is -0.560. The molecule has 2 aromatic carbocycles. The Bertz CT molecular complexity index is 939. The molecular formula is C21H20ClN3O3. The number of hydrogen-bond donors (Lipinski definition) is 0. The number of benzene rings is 2. The second-order valence-electron chi connectivity index (χ2n) is 6.19. The van der Waals surface area contributed by atoms with Crippen LogP contribution >= 0.6 is 11.6 Å². The molecule has 0 saturated heterocycles. The van der Waals surface area contributed by atoms with Gasteiger partial charge in [0.05, 0.1) is 31.0 Å². The summed E-state index contributed by atoms with van der Waals surface area (Å²) >= 11 is 5.92. The highest BCUT2D eigenvalue weighted by molar-refractivity contribution is 6.30. The van der Waals surface area contributed by atoms with Crippen LogP contribution in [0, 0.1) is 0 Å². The molecule has 144 valence electrons. The van der Waals surface area contributed by atoms with Crippen LogP contribution in [-0.2, 0) is 16.1 Å². The molecule has 3 rings (SSSR count). The summed E-state index contributed by atoms with van der Waals surface area (Å²) in [5.41, 5.74) is 2.22. The highest BCUT2D eigenvalue weighted by Gasteiger charge is 2.19. The zero-order valence-electron chi connectivity index (χ0n) is 15.4. The molecule has 0 aliphatic carbocycles. The highest BCUT2D eigenvalue weighted by Crippen LogP contribution is 2.15. The Balaban J connectivity index is 1.79. The van der Waals surface area contributed by atoms with Crippen molar-refractivity contribution in [2.75, 3.05) is 13.7 Å². The predicted octanol–water partition coefficient (Wildman–Crippen LogP) is 3.73. The lowest BCUT2D eigenvalue weighted by Gasteiger charge is -2.21.